The van der Waals surface area contributed by atoms with Crippen molar-refractivity contribution in [1.82, 2.24) is 16.1 Å². The maximum atomic E-state index is 12.3. The molecule has 0 bridgehead atoms. The number of hydrogen-bond acceptors (Lipinski definition) is 6. The molecule has 0 saturated heterocycles. The molecule has 0 heterocycles. The summed E-state index contributed by atoms with van der Waals surface area (Å²) >= 11 is 0. The number of nitrogens with two attached hydrogens (primary N) is 1. The summed E-state index contributed by atoms with van der Waals surface area (Å²) in [5.41, 5.74) is 11.1. The molecule has 1 saturated carbocycles. The molecule has 1 aliphatic rings. The normalized spacial score (nSPS) is 17.1. The van der Waals surface area contributed by atoms with Crippen LogP contribution in [0.5, 0.6) is 0 Å². The molecule has 0 unspecified atom stereocenters. The van der Waals surface area contributed by atoms with Crippen molar-refractivity contribution in [3.63, 3.8) is 0 Å². The number of hydroxylamine groups is 1. The first kappa shape index (κ1) is 25.1. The zero-order valence-electron chi connectivity index (χ0n) is 19.6. The molecular weight excluding hydrogens is 458 g/mol. The van der Waals surface area contributed by atoms with E-state index in [1.54, 1.807) is 24.3 Å². The van der Waals surface area contributed by atoms with E-state index in [4.69, 9.17) is 10.9 Å². The van der Waals surface area contributed by atoms with Gasteiger partial charge in [-0.3, -0.25) is 19.6 Å². The highest BCUT2D eigenvalue weighted by molar-refractivity contribution is 5.98. The topological polar surface area (TPSA) is 146 Å². The van der Waals surface area contributed by atoms with Gasteiger partial charge in [-0.15, -0.1) is 0 Å². The lowest BCUT2D eigenvalue weighted by atomic mass is 10.0. The van der Waals surface area contributed by atoms with Crippen molar-refractivity contribution < 1.29 is 19.6 Å². The fourth-order valence-corrected chi connectivity index (χ4v) is 4.03. The van der Waals surface area contributed by atoms with Gasteiger partial charge in [0.05, 0.1) is 6.54 Å². The molecule has 36 heavy (non-hydrogen) atoms. The molecule has 0 aliphatic heterocycles. The number of hydrogen-bond donors (Lipinski definition) is 6. The highest BCUT2D eigenvalue weighted by Gasteiger charge is 2.37. The van der Waals surface area contributed by atoms with E-state index in [0.29, 0.717) is 23.2 Å². The Hall–Kier alpha value is -4.05. The molecule has 3 atom stereocenters. The van der Waals surface area contributed by atoms with Crippen LogP contribution >= 0.6 is 0 Å². The van der Waals surface area contributed by atoms with E-state index in [9.17, 15) is 14.4 Å². The van der Waals surface area contributed by atoms with Gasteiger partial charge in [-0.1, -0.05) is 54.6 Å². The van der Waals surface area contributed by atoms with Crippen LogP contribution in [0.3, 0.4) is 0 Å². The number of rotatable bonds is 10. The van der Waals surface area contributed by atoms with Gasteiger partial charge in [-0.2, -0.15) is 0 Å². The fourth-order valence-electron chi connectivity index (χ4n) is 4.03. The molecule has 0 aromatic heterocycles. The van der Waals surface area contributed by atoms with E-state index in [2.05, 4.69) is 28.1 Å². The summed E-state index contributed by atoms with van der Waals surface area (Å²) in [7, 11) is 0. The summed E-state index contributed by atoms with van der Waals surface area (Å²) in [4.78, 5) is 36.2. The van der Waals surface area contributed by atoms with E-state index < -0.39 is 17.9 Å². The zero-order chi connectivity index (χ0) is 25.5. The second kappa shape index (κ2) is 11.6. The molecule has 3 amide bonds. The van der Waals surface area contributed by atoms with Gasteiger partial charge in [0.25, 0.3) is 11.8 Å². The van der Waals surface area contributed by atoms with Crippen LogP contribution in [-0.2, 0) is 9.59 Å². The molecule has 186 valence electrons. The Kier molecular flexibility index (Phi) is 8.06. The average Bonchev–Trinajstić information content (AvgIpc) is 3.71. The second-order valence-electron chi connectivity index (χ2n) is 8.68. The van der Waals surface area contributed by atoms with E-state index in [-0.39, 0.29) is 19.0 Å². The third-order valence-corrected chi connectivity index (χ3v) is 6.16. The Labute approximate surface area is 209 Å². The Bertz CT molecular complexity index is 1200. The lowest BCUT2D eigenvalue weighted by molar-refractivity contribution is -0.130. The SMILES string of the molecule is NC[C@H](NC(=O)c1ccc(-c2ccc(NC(=O)CN[C@H]3C[C@@H]3c3ccccc3)cc2)cc1)C(=O)NO. The van der Waals surface area contributed by atoms with Crippen LogP contribution in [0, 0.1) is 0 Å². The molecule has 3 aromatic rings. The Morgan fingerprint density at radius 3 is 2.17 bits per heavy atom. The summed E-state index contributed by atoms with van der Waals surface area (Å²) in [5, 5.41) is 17.4. The average molecular weight is 488 g/mol. The van der Waals surface area contributed by atoms with Crippen molar-refractivity contribution >= 4 is 23.4 Å². The number of nitrogens with one attached hydrogen (secondary N) is 4. The van der Waals surface area contributed by atoms with Crippen LogP contribution in [-0.4, -0.2) is 48.1 Å². The van der Waals surface area contributed by atoms with Crippen molar-refractivity contribution in [2.45, 2.75) is 24.4 Å². The first-order valence-corrected chi connectivity index (χ1v) is 11.7. The van der Waals surface area contributed by atoms with E-state index >= 15 is 0 Å². The summed E-state index contributed by atoms with van der Waals surface area (Å²) in [6.07, 6.45) is 1.04. The summed E-state index contributed by atoms with van der Waals surface area (Å²) in [6, 6.07) is 23.9. The Balaban J connectivity index is 1.26. The van der Waals surface area contributed by atoms with Crippen molar-refractivity contribution in [2.24, 2.45) is 5.73 Å². The highest BCUT2D eigenvalue weighted by atomic mass is 16.5. The van der Waals surface area contributed by atoms with E-state index in [1.165, 1.54) is 11.0 Å². The molecule has 0 spiro atoms. The number of carbonyl (C=O) groups is 3. The minimum Gasteiger partial charge on any atom is -0.339 e. The maximum absolute atomic E-state index is 12.3. The molecule has 0 radical (unpaired) electrons. The van der Waals surface area contributed by atoms with Gasteiger partial charge in [0.1, 0.15) is 6.04 Å². The monoisotopic (exact) mass is 487 g/mol. The van der Waals surface area contributed by atoms with Gasteiger partial charge in [0, 0.05) is 29.8 Å². The van der Waals surface area contributed by atoms with Gasteiger partial charge in [0.2, 0.25) is 5.91 Å². The van der Waals surface area contributed by atoms with Crippen molar-refractivity contribution in [2.75, 3.05) is 18.4 Å². The molecule has 1 fully saturated rings. The second-order valence-corrected chi connectivity index (χ2v) is 8.68. The molecule has 3 aromatic carbocycles. The number of amides is 3. The minimum absolute atomic E-state index is 0.0949. The Morgan fingerprint density at radius 1 is 0.917 bits per heavy atom. The smallest absolute Gasteiger partial charge is 0.267 e. The molecular formula is C27H29N5O4. The third-order valence-electron chi connectivity index (χ3n) is 6.16. The van der Waals surface area contributed by atoms with Crippen LogP contribution < -0.4 is 27.2 Å². The van der Waals surface area contributed by atoms with Crippen LogP contribution in [0.15, 0.2) is 78.9 Å². The molecule has 7 N–H and O–H groups in total. The summed E-state index contributed by atoms with van der Waals surface area (Å²) < 4.78 is 0. The van der Waals surface area contributed by atoms with Crippen LogP contribution in [0.2, 0.25) is 0 Å². The van der Waals surface area contributed by atoms with Crippen molar-refractivity contribution in [3.8, 4) is 11.1 Å². The summed E-state index contributed by atoms with van der Waals surface area (Å²) in [6.45, 7) is 0.105. The molecule has 4 rings (SSSR count). The van der Waals surface area contributed by atoms with Crippen LogP contribution in [0.4, 0.5) is 5.69 Å². The number of anilines is 1. The van der Waals surface area contributed by atoms with E-state index in [0.717, 1.165) is 17.5 Å². The third kappa shape index (κ3) is 6.33. The number of carbonyl (C=O) groups excluding carboxylic acids is 3. The number of benzene rings is 3. The van der Waals surface area contributed by atoms with Crippen molar-refractivity contribution in [1.29, 1.82) is 0 Å². The van der Waals surface area contributed by atoms with Crippen LogP contribution in [0.25, 0.3) is 11.1 Å². The largest absolute Gasteiger partial charge is 0.339 e. The lowest BCUT2D eigenvalue weighted by Gasteiger charge is -2.14. The van der Waals surface area contributed by atoms with Crippen molar-refractivity contribution in [3.05, 3.63) is 90.0 Å². The van der Waals surface area contributed by atoms with E-state index in [1.807, 2.05) is 42.5 Å². The first-order valence-electron chi connectivity index (χ1n) is 11.7. The Morgan fingerprint density at radius 2 is 1.56 bits per heavy atom. The fraction of sp³-hybridized carbons (Fsp3) is 0.222. The molecule has 9 nitrogen and oxygen atoms in total. The first-order chi connectivity index (χ1) is 17.5. The minimum atomic E-state index is -1.03. The summed E-state index contributed by atoms with van der Waals surface area (Å²) in [5.74, 6) is -0.886. The van der Waals surface area contributed by atoms with Gasteiger partial charge in [-0.25, -0.2) is 5.48 Å². The van der Waals surface area contributed by atoms with Gasteiger partial charge < -0.3 is 21.7 Å². The van der Waals surface area contributed by atoms with Gasteiger partial charge in [-0.05, 0) is 47.4 Å². The predicted molar refractivity (Wildman–Crippen MR) is 136 cm³/mol. The maximum Gasteiger partial charge on any atom is 0.267 e. The predicted octanol–water partition coefficient (Wildman–Crippen LogP) is 2.00. The zero-order valence-corrected chi connectivity index (χ0v) is 19.6. The van der Waals surface area contributed by atoms with Gasteiger partial charge >= 0.3 is 0 Å². The lowest BCUT2D eigenvalue weighted by Crippen LogP contribution is -2.50. The quantitative estimate of drug-likeness (QED) is 0.191. The molecule has 1 aliphatic carbocycles. The van der Waals surface area contributed by atoms with Crippen LogP contribution in [0.1, 0.15) is 28.3 Å². The standard InChI is InChI=1S/C27H29N5O4/c28-15-24(27(35)32-36)31-26(34)20-8-6-17(7-9-20)18-10-12-21(13-11-18)30-25(33)16-29-23-14-22(23)19-4-2-1-3-5-19/h1-13,22-24,29,36H,14-16,28H2,(H,30,33)(H,31,34)(H,32,35)/t22-,23+,24+/m1/s1. The highest BCUT2D eigenvalue weighted by Crippen LogP contribution is 2.40. The van der Waals surface area contributed by atoms with Gasteiger partial charge in [0.15, 0.2) is 0 Å². The molecule has 9 heteroatoms.